The van der Waals surface area contributed by atoms with Gasteiger partial charge in [-0.25, -0.2) is 4.98 Å². The van der Waals surface area contributed by atoms with Crippen molar-refractivity contribution in [1.82, 2.24) is 15.6 Å². The Morgan fingerprint density at radius 2 is 2.08 bits per heavy atom. The highest BCUT2D eigenvalue weighted by molar-refractivity contribution is 14.0. The monoisotopic (exact) mass is 479 g/mol. The fourth-order valence-corrected chi connectivity index (χ4v) is 2.61. The van der Waals surface area contributed by atoms with Crippen LogP contribution in [-0.4, -0.2) is 61.8 Å². The number of aliphatic imine (C=N–C) groups is 1. The molecule has 2 N–H and O–H groups in total. The third-order valence-electron chi connectivity index (χ3n) is 4.08. The SMILES string of the molecule is CN=C(NCc1cccnc1N1CCOCC1)NCC(C)(C)SC.I. The normalized spacial score (nSPS) is 15.5. The lowest BCUT2D eigenvalue weighted by Gasteiger charge is -2.29. The van der Waals surface area contributed by atoms with Crippen LogP contribution in [0, 0.1) is 0 Å². The molecule has 8 heteroatoms. The predicted molar refractivity (Wildman–Crippen MR) is 118 cm³/mol. The average Bonchev–Trinajstić information content (AvgIpc) is 2.63. The molecule has 1 aromatic heterocycles. The number of morpholine rings is 1. The standard InChI is InChI=1S/C17H29N5OS.HI/c1-17(2,24-4)13-21-16(18-3)20-12-14-6-5-7-19-15(14)22-8-10-23-11-9-22;/h5-7H,8-13H2,1-4H3,(H2,18,20,21);1H. The maximum atomic E-state index is 5.43. The molecule has 0 bridgehead atoms. The fraction of sp³-hybridized carbons (Fsp3) is 0.647. The number of ether oxygens (including phenoxy) is 1. The zero-order valence-electron chi connectivity index (χ0n) is 15.5. The van der Waals surface area contributed by atoms with Crippen molar-refractivity contribution in [1.29, 1.82) is 0 Å². The Balaban J connectivity index is 0.00000312. The summed E-state index contributed by atoms with van der Waals surface area (Å²) in [6.07, 6.45) is 3.98. The maximum absolute atomic E-state index is 5.43. The number of hydrogen-bond donors (Lipinski definition) is 2. The van der Waals surface area contributed by atoms with Gasteiger partial charge in [-0.2, -0.15) is 11.8 Å². The Hall–Kier alpha value is -0.740. The molecule has 1 fully saturated rings. The van der Waals surface area contributed by atoms with Crippen LogP contribution in [0.4, 0.5) is 5.82 Å². The number of nitrogens with one attached hydrogen (secondary N) is 2. The van der Waals surface area contributed by atoms with E-state index in [2.05, 4.69) is 51.7 Å². The van der Waals surface area contributed by atoms with Crippen LogP contribution in [0.2, 0.25) is 0 Å². The summed E-state index contributed by atoms with van der Waals surface area (Å²) in [4.78, 5) is 11.2. The van der Waals surface area contributed by atoms with Gasteiger partial charge in [0.15, 0.2) is 5.96 Å². The predicted octanol–water partition coefficient (Wildman–Crippen LogP) is 2.34. The van der Waals surface area contributed by atoms with Crippen molar-refractivity contribution < 1.29 is 4.74 Å². The van der Waals surface area contributed by atoms with Gasteiger partial charge in [-0.05, 0) is 26.2 Å². The van der Waals surface area contributed by atoms with E-state index in [1.54, 1.807) is 7.05 Å². The summed E-state index contributed by atoms with van der Waals surface area (Å²) in [6.45, 7) is 9.28. The zero-order chi connectivity index (χ0) is 17.4. The lowest BCUT2D eigenvalue weighted by atomic mass is 10.2. The second-order valence-corrected chi connectivity index (χ2v) is 7.84. The van der Waals surface area contributed by atoms with E-state index in [1.807, 2.05) is 24.0 Å². The molecule has 0 unspecified atom stereocenters. The summed E-state index contributed by atoms with van der Waals surface area (Å²) in [5.41, 5.74) is 1.17. The first-order valence-electron chi connectivity index (χ1n) is 8.32. The highest BCUT2D eigenvalue weighted by atomic mass is 127. The highest BCUT2D eigenvalue weighted by Gasteiger charge is 2.17. The molecule has 0 aromatic carbocycles. The summed E-state index contributed by atoms with van der Waals surface area (Å²) >= 11 is 1.84. The summed E-state index contributed by atoms with van der Waals surface area (Å²) in [6, 6.07) is 4.10. The van der Waals surface area contributed by atoms with Gasteiger partial charge in [0.2, 0.25) is 0 Å². The minimum Gasteiger partial charge on any atom is -0.378 e. The molecule has 0 saturated carbocycles. The minimum atomic E-state index is 0. The summed E-state index contributed by atoms with van der Waals surface area (Å²) in [7, 11) is 1.80. The molecule has 1 aromatic rings. The Labute approximate surface area is 172 Å². The average molecular weight is 479 g/mol. The molecule has 2 rings (SSSR count). The van der Waals surface area contributed by atoms with Crippen molar-refractivity contribution in [3.63, 3.8) is 0 Å². The lowest BCUT2D eigenvalue weighted by Crippen LogP contribution is -2.43. The van der Waals surface area contributed by atoms with Crippen molar-refractivity contribution in [3.8, 4) is 0 Å². The van der Waals surface area contributed by atoms with Gasteiger partial charge >= 0.3 is 0 Å². The molecular weight excluding hydrogens is 449 g/mol. The maximum Gasteiger partial charge on any atom is 0.191 e. The number of thioether (sulfide) groups is 1. The zero-order valence-corrected chi connectivity index (χ0v) is 18.7. The van der Waals surface area contributed by atoms with E-state index in [0.29, 0.717) is 6.54 Å². The van der Waals surface area contributed by atoms with E-state index < -0.39 is 0 Å². The Morgan fingerprint density at radius 1 is 1.36 bits per heavy atom. The van der Waals surface area contributed by atoms with Gasteiger partial charge in [0, 0.05) is 49.7 Å². The van der Waals surface area contributed by atoms with Gasteiger partial charge in [-0.15, -0.1) is 24.0 Å². The smallest absolute Gasteiger partial charge is 0.191 e. The van der Waals surface area contributed by atoms with Crippen molar-refractivity contribution in [2.75, 3.05) is 51.1 Å². The summed E-state index contributed by atoms with van der Waals surface area (Å²) in [5, 5.41) is 6.79. The quantitative estimate of drug-likeness (QED) is 0.371. The van der Waals surface area contributed by atoms with E-state index >= 15 is 0 Å². The number of guanidine groups is 1. The molecule has 0 atom stereocenters. The van der Waals surface area contributed by atoms with Crippen LogP contribution in [0.3, 0.4) is 0 Å². The van der Waals surface area contributed by atoms with Crippen molar-refractivity contribution in [2.24, 2.45) is 4.99 Å². The Kier molecular flexibility index (Phi) is 9.88. The molecule has 1 saturated heterocycles. The highest BCUT2D eigenvalue weighted by Crippen LogP contribution is 2.20. The second kappa shape index (κ2) is 11.1. The third kappa shape index (κ3) is 7.18. The van der Waals surface area contributed by atoms with Crippen molar-refractivity contribution >= 4 is 47.5 Å². The molecule has 25 heavy (non-hydrogen) atoms. The molecule has 1 aliphatic rings. The van der Waals surface area contributed by atoms with Crippen molar-refractivity contribution in [3.05, 3.63) is 23.9 Å². The van der Waals surface area contributed by atoms with Gasteiger partial charge in [0.25, 0.3) is 0 Å². The molecular formula is C17H30IN5OS. The van der Waals surface area contributed by atoms with E-state index in [1.165, 1.54) is 5.56 Å². The summed E-state index contributed by atoms with van der Waals surface area (Å²) in [5.74, 6) is 1.85. The number of anilines is 1. The van der Waals surface area contributed by atoms with Gasteiger partial charge < -0.3 is 20.3 Å². The number of nitrogens with zero attached hydrogens (tertiary/aromatic N) is 3. The molecule has 0 aliphatic carbocycles. The van der Waals surface area contributed by atoms with Crippen LogP contribution in [0.25, 0.3) is 0 Å². The van der Waals surface area contributed by atoms with Gasteiger partial charge in [0.1, 0.15) is 5.82 Å². The van der Waals surface area contributed by atoms with Crippen LogP contribution in [0.15, 0.2) is 23.3 Å². The number of halogens is 1. The van der Waals surface area contributed by atoms with Crippen LogP contribution < -0.4 is 15.5 Å². The number of hydrogen-bond acceptors (Lipinski definition) is 5. The van der Waals surface area contributed by atoms with Crippen LogP contribution in [-0.2, 0) is 11.3 Å². The number of rotatable bonds is 6. The third-order valence-corrected chi connectivity index (χ3v) is 5.33. The van der Waals surface area contributed by atoms with Gasteiger partial charge in [-0.1, -0.05) is 6.07 Å². The van der Waals surface area contributed by atoms with Crippen LogP contribution >= 0.6 is 35.7 Å². The molecule has 142 valence electrons. The summed E-state index contributed by atoms with van der Waals surface area (Å²) < 4.78 is 5.61. The fourth-order valence-electron chi connectivity index (χ4n) is 2.40. The minimum absolute atomic E-state index is 0. The van der Waals surface area contributed by atoms with Gasteiger partial charge in [-0.3, -0.25) is 4.99 Å². The van der Waals surface area contributed by atoms with E-state index in [9.17, 15) is 0 Å². The van der Waals surface area contributed by atoms with Crippen molar-refractivity contribution in [2.45, 2.75) is 25.1 Å². The van der Waals surface area contributed by atoms with E-state index in [4.69, 9.17) is 4.74 Å². The number of aromatic nitrogens is 1. The first kappa shape index (κ1) is 22.3. The van der Waals surface area contributed by atoms with E-state index in [-0.39, 0.29) is 28.7 Å². The first-order chi connectivity index (χ1) is 11.6. The van der Waals surface area contributed by atoms with E-state index in [0.717, 1.165) is 44.6 Å². The molecule has 0 radical (unpaired) electrons. The molecule has 0 amide bonds. The molecule has 2 heterocycles. The molecule has 0 spiro atoms. The molecule has 6 nitrogen and oxygen atoms in total. The Morgan fingerprint density at radius 3 is 2.72 bits per heavy atom. The molecule has 1 aliphatic heterocycles. The number of pyridine rings is 1. The first-order valence-corrected chi connectivity index (χ1v) is 9.54. The van der Waals surface area contributed by atoms with Crippen LogP contribution in [0.5, 0.6) is 0 Å². The van der Waals surface area contributed by atoms with Gasteiger partial charge in [0.05, 0.1) is 13.2 Å². The largest absolute Gasteiger partial charge is 0.378 e. The topological polar surface area (TPSA) is 61.8 Å². The van der Waals surface area contributed by atoms with Crippen LogP contribution in [0.1, 0.15) is 19.4 Å². The lowest BCUT2D eigenvalue weighted by molar-refractivity contribution is 0.122. The second-order valence-electron chi connectivity index (χ2n) is 6.33. The Bertz CT molecular complexity index is 550.